The van der Waals surface area contributed by atoms with E-state index in [9.17, 15) is 8.78 Å². The highest BCUT2D eigenvalue weighted by Crippen LogP contribution is 2.25. The predicted octanol–water partition coefficient (Wildman–Crippen LogP) is 3.10. The van der Waals surface area contributed by atoms with Crippen LogP contribution in [-0.4, -0.2) is 10.5 Å². The van der Waals surface area contributed by atoms with Crippen LogP contribution in [0.5, 0.6) is 0 Å². The highest BCUT2D eigenvalue weighted by molar-refractivity contribution is 5.83. The van der Waals surface area contributed by atoms with Gasteiger partial charge >= 0.3 is 0 Å². The number of aryl methyl sites for hydroxylation is 1. The van der Waals surface area contributed by atoms with E-state index < -0.39 is 17.2 Å². The van der Waals surface area contributed by atoms with E-state index in [1.807, 2.05) is 19.9 Å². The molecule has 0 spiro atoms. The lowest BCUT2D eigenvalue weighted by atomic mass is 9.93. The average Bonchev–Trinajstić information content (AvgIpc) is 2.17. The van der Waals surface area contributed by atoms with Crippen molar-refractivity contribution >= 4 is 10.9 Å². The van der Waals surface area contributed by atoms with Crippen LogP contribution in [0.25, 0.3) is 10.9 Å². The molecule has 0 saturated carbocycles. The fourth-order valence-electron chi connectivity index (χ4n) is 2.10. The zero-order valence-electron chi connectivity index (χ0n) is 10.7. The third-order valence-electron chi connectivity index (χ3n) is 2.69. The van der Waals surface area contributed by atoms with Crippen molar-refractivity contribution in [1.82, 2.24) is 4.98 Å². The van der Waals surface area contributed by atoms with E-state index >= 15 is 0 Å². The Hall–Kier alpha value is -1.55. The molecule has 0 saturated heterocycles. The molecule has 0 radical (unpaired) electrons. The van der Waals surface area contributed by atoms with Crippen LogP contribution in [0.4, 0.5) is 8.78 Å². The molecule has 0 fully saturated rings. The van der Waals surface area contributed by atoms with Gasteiger partial charge in [-0.05, 0) is 44.9 Å². The lowest BCUT2D eigenvalue weighted by Crippen LogP contribution is -2.34. The Bertz CT molecular complexity index is 601. The minimum atomic E-state index is -0.634. The van der Waals surface area contributed by atoms with E-state index in [4.69, 9.17) is 5.73 Å². The summed E-state index contributed by atoms with van der Waals surface area (Å²) < 4.78 is 27.0. The largest absolute Gasteiger partial charge is 0.325 e. The summed E-state index contributed by atoms with van der Waals surface area (Å²) in [6.45, 7) is 5.55. The Morgan fingerprint density at radius 1 is 1.22 bits per heavy atom. The van der Waals surface area contributed by atoms with Gasteiger partial charge in [-0.15, -0.1) is 0 Å². The maximum absolute atomic E-state index is 13.7. The number of nitrogens with two attached hydrogens (primary N) is 1. The van der Waals surface area contributed by atoms with Crippen LogP contribution in [0.3, 0.4) is 0 Å². The molecular formula is C14H16F2N2. The second kappa shape index (κ2) is 4.28. The van der Waals surface area contributed by atoms with Gasteiger partial charge in [0, 0.05) is 22.7 Å². The summed E-state index contributed by atoms with van der Waals surface area (Å²) >= 11 is 0. The molecule has 0 amide bonds. The molecule has 2 nitrogen and oxygen atoms in total. The molecule has 2 N–H and O–H groups in total. The van der Waals surface area contributed by atoms with Gasteiger partial charge in [-0.2, -0.15) is 0 Å². The molecule has 2 rings (SSSR count). The number of fused-ring (bicyclic) bond motifs is 1. The number of benzene rings is 1. The lowest BCUT2D eigenvalue weighted by Gasteiger charge is -2.20. The molecular weight excluding hydrogens is 234 g/mol. The first-order valence-electron chi connectivity index (χ1n) is 5.80. The van der Waals surface area contributed by atoms with Gasteiger partial charge in [0.2, 0.25) is 0 Å². The Morgan fingerprint density at radius 2 is 1.89 bits per heavy atom. The standard InChI is InChI=1S/C14H16F2N2/c1-8-4-9(7-14(2,3)17)11-5-10(15)6-12(16)13(11)18-8/h4-6H,7,17H2,1-3H3. The summed E-state index contributed by atoms with van der Waals surface area (Å²) in [7, 11) is 0. The number of nitrogens with zero attached hydrogens (tertiary/aromatic N) is 1. The fraction of sp³-hybridized carbons (Fsp3) is 0.357. The van der Waals surface area contributed by atoms with Crippen LogP contribution in [0, 0.1) is 18.6 Å². The normalized spacial score (nSPS) is 12.1. The molecule has 96 valence electrons. The van der Waals surface area contributed by atoms with E-state index in [1.54, 1.807) is 6.92 Å². The summed E-state index contributed by atoms with van der Waals surface area (Å²) in [4.78, 5) is 4.12. The van der Waals surface area contributed by atoms with Crippen LogP contribution in [-0.2, 0) is 6.42 Å². The quantitative estimate of drug-likeness (QED) is 0.889. The Morgan fingerprint density at radius 3 is 2.50 bits per heavy atom. The van der Waals surface area contributed by atoms with Gasteiger partial charge < -0.3 is 5.73 Å². The highest BCUT2D eigenvalue weighted by Gasteiger charge is 2.16. The Labute approximate surface area is 105 Å². The van der Waals surface area contributed by atoms with Crippen LogP contribution in [0.2, 0.25) is 0 Å². The third kappa shape index (κ3) is 2.64. The van der Waals surface area contributed by atoms with E-state index in [2.05, 4.69) is 4.98 Å². The molecule has 0 aliphatic carbocycles. The second-order valence-corrected chi connectivity index (χ2v) is 5.37. The molecule has 0 aliphatic rings. The molecule has 1 aromatic carbocycles. The molecule has 1 aromatic heterocycles. The highest BCUT2D eigenvalue weighted by atomic mass is 19.1. The number of halogens is 2. The second-order valence-electron chi connectivity index (χ2n) is 5.37. The summed E-state index contributed by atoms with van der Waals surface area (Å²) in [5.74, 6) is -1.23. The molecule has 2 aromatic rings. The Balaban J connectivity index is 2.72. The van der Waals surface area contributed by atoms with Crippen LogP contribution in [0.1, 0.15) is 25.1 Å². The number of hydrogen-bond donors (Lipinski definition) is 1. The van der Waals surface area contributed by atoms with E-state index in [0.29, 0.717) is 17.5 Å². The topological polar surface area (TPSA) is 38.9 Å². The van der Waals surface area contributed by atoms with Crippen LogP contribution >= 0.6 is 0 Å². The first-order chi connectivity index (χ1) is 8.26. The first-order valence-corrected chi connectivity index (χ1v) is 5.80. The SMILES string of the molecule is Cc1cc(CC(C)(C)N)c2cc(F)cc(F)c2n1. The molecule has 0 bridgehead atoms. The van der Waals surface area contributed by atoms with Gasteiger partial charge in [-0.3, -0.25) is 4.98 Å². The summed E-state index contributed by atoms with van der Waals surface area (Å²) in [6, 6.07) is 3.99. The number of aromatic nitrogens is 1. The summed E-state index contributed by atoms with van der Waals surface area (Å²) in [5, 5.41) is 0.497. The molecule has 18 heavy (non-hydrogen) atoms. The van der Waals surface area contributed by atoms with Crippen molar-refractivity contribution in [3.05, 3.63) is 41.1 Å². The van der Waals surface area contributed by atoms with Crippen molar-refractivity contribution in [2.24, 2.45) is 5.73 Å². The van der Waals surface area contributed by atoms with Gasteiger partial charge in [-0.25, -0.2) is 8.78 Å². The maximum atomic E-state index is 13.7. The van der Waals surface area contributed by atoms with Crippen molar-refractivity contribution in [3.8, 4) is 0 Å². The Kier molecular flexibility index (Phi) is 3.07. The summed E-state index contributed by atoms with van der Waals surface area (Å²) in [5.41, 5.74) is 7.26. The first kappa shape index (κ1) is 12.9. The molecule has 0 atom stereocenters. The van der Waals surface area contributed by atoms with Crippen LogP contribution in [0.15, 0.2) is 18.2 Å². The lowest BCUT2D eigenvalue weighted by molar-refractivity contribution is 0.517. The van der Waals surface area contributed by atoms with Gasteiger partial charge in [0.05, 0.1) is 0 Å². The van der Waals surface area contributed by atoms with E-state index in [-0.39, 0.29) is 5.52 Å². The average molecular weight is 250 g/mol. The van der Waals surface area contributed by atoms with Gasteiger partial charge in [-0.1, -0.05) is 0 Å². The number of rotatable bonds is 2. The van der Waals surface area contributed by atoms with Crippen LogP contribution < -0.4 is 5.73 Å². The van der Waals surface area contributed by atoms with Crippen molar-refractivity contribution in [1.29, 1.82) is 0 Å². The third-order valence-corrected chi connectivity index (χ3v) is 2.69. The van der Waals surface area contributed by atoms with Gasteiger partial charge in [0.15, 0.2) is 5.82 Å². The summed E-state index contributed by atoms with van der Waals surface area (Å²) in [6.07, 6.45) is 0.537. The number of hydrogen-bond acceptors (Lipinski definition) is 2. The van der Waals surface area contributed by atoms with Crippen molar-refractivity contribution in [2.45, 2.75) is 32.7 Å². The van der Waals surface area contributed by atoms with Gasteiger partial charge in [0.25, 0.3) is 0 Å². The fourth-order valence-corrected chi connectivity index (χ4v) is 2.10. The molecule has 0 aliphatic heterocycles. The molecule has 1 heterocycles. The smallest absolute Gasteiger partial charge is 0.152 e. The zero-order valence-corrected chi connectivity index (χ0v) is 10.7. The molecule has 0 unspecified atom stereocenters. The zero-order chi connectivity index (χ0) is 13.5. The van der Waals surface area contributed by atoms with Gasteiger partial charge in [0.1, 0.15) is 11.3 Å². The minimum absolute atomic E-state index is 0.204. The van der Waals surface area contributed by atoms with Crippen molar-refractivity contribution < 1.29 is 8.78 Å². The predicted molar refractivity (Wildman–Crippen MR) is 68.4 cm³/mol. The number of pyridine rings is 1. The van der Waals surface area contributed by atoms with Crippen molar-refractivity contribution in [2.75, 3.05) is 0 Å². The minimum Gasteiger partial charge on any atom is -0.325 e. The van der Waals surface area contributed by atoms with E-state index in [1.165, 1.54) is 6.07 Å². The van der Waals surface area contributed by atoms with Crippen molar-refractivity contribution in [3.63, 3.8) is 0 Å². The monoisotopic (exact) mass is 250 g/mol. The maximum Gasteiger partial charge on any atom is 0.152 e. The molecule has 4 heteroatoms. The van der Waals surface area contributed by atoms with E-state index in [0.717, 1.165) is 11.6 Å².